The van der Waals surface area contributed by atoms with Crippen LogP contribution in [-0.4, -0.2) is 280 Å². The normalized spacial score (nSPS) is 22.6. The van der Waals surface area contributed by atoms with E-state index in [1.165, 1.54) is 57.3 Å². The van der Waals surface area contributed by atoms with Crippen LogP contribution >= 0.6 is 0 Å². The maximum atomic E-state index is 13.3. The van der Waals surface area contributed by atoms with Crippen LogP contribution in [0.5, 0.6) is 0 Å². The molecular weight excluding hydrogens is 1670 g/mol. The number of pyridine rings is 4. The van der Waals surface area contributed by atoms with Gasteiger partial charge in [0.05, 0.1) is 45.0 Å². The van der Waals surface area contributed by atoms with Crippen LogP contribution in [0.3, 0.4) is 0 Å². The molecule has 8 atom stereocenters. The van der Waals surface area contributed by atoms with Crippen molar-refractivity contribution in [3.05, 3.63) is 258 Å². The average molecular weight is 1840 g/mol. The van der Waals surface area contributed by atoms with E-state index in [2.05, 4.69) is 267 Å². The maximum absolute atomic E-state index is 13.3. The van der Waals surface area contributed by atoms with Gasteiger partial charge >= 0.3 is 0 Å². The van der Waals surface area contributed by atoms with Crippen LogP contribution in [0.1, 0.15) is 309 Å². The third-order valence-corrected chi connectivity index (χ3v) is 33.3. The molecular formula is C115H166N16O4. The smallest absolute Gasteiger partial charge is 0.255 e. The first kappa shape index (κ1) is 103. The number of carbonyl (C=O) groups is 4. The van der Waals surface area contributed by atoms with Gasteiger partial charge in [-0.3, -0.25) is 78.3 Å². The quantitative estimate of drug-likeness (QED) is 0.0752. The second kappa shape index (κ2) is 45.3. The molecule has 0 spiro atoms. The van der Waals surface area contributed by atoms with Crippen molar-refractivity contribution in [3.8, 4) is 0 Å². The Morgan fingerprint density at radius 2 is 0.511 bits per heavy atom. The highest BCUT2D eigenvalue weighted by molar-refractivity contribution is 5.98. The highest BCUT2D eigenvalue weighted by Crippen LogP contribution is 2.42. The van der Waals surface area contributed by atoms with Crippen molar-refractivity contribution >= 4 is 23.6 Å². The number of rotatable bonds is 19. The second-order valence-electron chi connectivity index (χ2n) is 42.9. The van der Waals surface area contributed by atoms with Gasteiger partial charge in [0.2, 0.25) is 0 Å². The molecule has 8 aliphatic heterocycles. The summed E-state index contributed by atoms with van der Waals surface area (Å²) in [6.07, 6.45) is 18.9. The Balaban J connectivity index is 0.000000152. The Morgan fingerprint density at radius 1 is 0.296 bits per heavy atom. The summed E-state index contributed by atoms with van der Waals surface area (Å²) in [7, 11) is 0. The predicted molar refractivity (Wildman–Crippen MR) is 552 cm³/mol. The van der Waals surface area contributed by atoms with Crippen LogP contribution in [0.2, 0.25) is 0 Å². The summed E-state index contributed by atoms with van der Waals surface area (Å²) in [5, 5.41) is 0. The first-order valence-corrected chi connectivity index (χ1v) is 51.5. The minimum atomic E-state index is 0.144. The SMILES string of the molecule is CCC[C@@H](c1ccc(C)cc1)N1CCN(C2(C)CCN(C(=O)c3c(C)ccnc3C)CC2)C[C@@H]1C.CC[C@@H](c1ccc(C)cc1)N1CCN(C2(C)CCN(C(=O)c3c(C)ccnc3C)CC2)C[C@@H]1C.Cc1ccc([C@H](C)N2CCN(C3(C)CCN(C(=O)c4c(C)ccnc4C)CC3)C[C@@H]2C)cc1.Cc1ccc([C@H](C)N2CCN(C3(C)CCN(C(=O)c4c(C)ccnc4C)CC3)C[C@@H]2C)cc1. The molecule has 8 aromatic rings. The number of aryl methyl sites for hydroxylation is 12. The van der Waals surface area contributed by atoms with E-state index in [1.54, 1.807) is 24.8 Å². The fourth-order valence-corrected chi connectivity index (χ4v) is 23.8. The van der Waals surface area contributed by atoms with Crippen LogP contribution in [0, 0.1) is 83.1 Å². The summed E-state index contributed by atoms with van der Waals surface area (Å²) >= 11 is 0. The Bertz CT molecular complexity index is 5020. The van der Waals surface area contributed by atoms with Gasteiger partial charge in [0.1, 0.15) is 0 Å². The number of piperidine rings is 4. The molecule has 8 fully saturated rings. The number of aromatic nitrogens is 4. The predicted octanol–water partition coefficient (Wildman–Crippen LogP) is 20.2. The van der Waals surface area contributed by atoms with E-state index in [9.17, 15) is 19.2 Å². The molecule has 4 amide bonds. The summed E-state index contributed by atoms with van der Waals surface area (Å²) in [5.41, 5.74) is 22.2. The van der Waals surface area contributed by atoms with Gasteiger partial charge in [-0.05, 0) is 285 Å². The van der Waals surface area contributed by atoms with Crippen LogP contribution < -0.4 is 0 Å². The third kappa shape index (κ3) is 24.1. The fourth-order valence-electron chi connectivity index (χ4n) is 23.8. The van der Waals surface area contributed by atoms with E-state index < -0.39 is 0 Å². The lowest BCUT2D eigenvalue weighted by Gasteiger charge is -2.53. The minimum absolute atomic E-state index is 0.144. The molecule has 12 heterocycles. The average Bonchev–Trinajstić information content (AvgIpc) is 0.786. The number of hydrogen-bond donors (Lipinski definition) is 0. The number of piperazine rings is 4. The lowest BCUT2D eigenvalue weighted by atomic mass is 9.85. The van der Waals surface area contributed by atoms with Gasteiger partial charge in [-0.15, -0.1) is 0 Å². The molecule has 8 aliphatic rings. The summed E-state index contributed by atoms with van der Waals surface area (Å²) in [4.78, 5) is 100. The summed E-state index contributed by atoms with van der Waals surface area (Å²) in [6, 6.07) is 47.9. The van der Waals surface area contributed by atoms with Crippen LogP contribution in [0.25, 0.3) is 0 Å². The van der Waals surface area contributed by atoms with E-state index in [0.29, 0.717) is 48.3 Å². The van der Waals surface area contributed by atoms with Crippen molar-refractivity contribution in [3.63, 3.8) is 0 Å². The van der Waals surface area contributed by atoms with E-state index in [1.807, 2.05) is 99.3 Å². The van der Waals surface area contributed by atoms with E-state index >= 15 is 0 Å². The van der Waals surface area contributed by atoms with Crippen molar-refractivity contribution in [2.45, 2.75) is 307 Å². The molecule has 20 nitrogen and oxygen atoms in total. The molecule has 730 valence electrons. The van der Waals surface area contributed by atoms with Crippen LogP contribution in [-0.2, 0) is 0 Å². The molecule has 135 heavy (non-hydrogen) atoms. The van der Waals surface area contributed by atoms with E-state index in [4.69, 9.17) is 0 Å². The van der Waals surface area contributed by atoms with Crippen LogP contribution in [0.15, 0.2) is 146 Å². The highest BCUT2D eigenvalue weighted by atomic mass is 16.2. The molecule has 0 radical (unpaired) electrons. The number of carbonyl (C=O) groups excluding carboxylic acids is 4. The van der Waals surface area contributed by atoms with Crippen LogP contribution in [0.4, 0.5) is 0 Å². The molecule has 0 bridgehead atoms. The summed E-state index contributed by atoms with van der Waals surface area (Å²) < 4.78 is 0. The van der Waals surface area contributed by atoms with Gasteiger partial charge in [-0.2, -0.15) is 0 Å². The van der Waals surface area contributed by atoms with Crippen molar-refractivity contribution < 1.29 is 19.2 Å². The third-order valence-electron chi connectivity index (χ3n) is 33.3. The Morgan fingerprint density at radius 3 is 0.726 bits per heavy atom. The number of amides is 4. The molecule has 0 N–H and O–H groups in total. The summed E-state index contributed by atoms with van der Waals surface area (Å²) in [6.45, 7) is 72.5. The maximum Gasteiger partial charge on any atom is 0.255 e. The van der Waals surface area contributed by atoms with E-state index in [-0.39, 0.29) is 45.8 Å². The summed E-state index contributed by atoms with van der Waals surface area (Å²) in [5.74, 6) is 0.580. The van der Waals surface area contributed by atoms with Gasteiger partial charge in [0.25, 0.3) is 23.6 Å². The zero-order valence-corrected chi connectivity index (χ0v) is 87.2. The van der Waals surface area contributed by atoms with Crippen molar-refractivity contribution in [2.24, 2.45) is 0 Å². The van der Waals surface area contributed by atoms with Crippen molar-refractivity contribution in [2.75, 3.05) is 131 Å². The minimum Gasteiger partial charge on any atom is -0.338 e. The highest BCUT2D eigenvalue weighted by Gasteiger charge is 2.47. The molecule has 0 aliphatic carbocycles. The molecule has 0 saturated carbocycles. The van der Waals surface area contributed by atoms with Crippen molar-refractivity contribution in [1.29, 1.82) is 0 Å². The number of benzene rings is 4. The lowest BCUT2D eigenvalue weighted by molar-refractivity contribution is -0.0312. The Hall–Kier alpha value is -8.96. The van der Waals surface area contributed by atoms with Gasteiger partial charge in [-0.1, -0.05) is 140 Å². The van der Waals surface area contributed by atoms with Gasteiger partial charge in [-0.25, -0.2) is 0 Å². The lowest BCUT2D eigenvalue weighted by Crippen LogP contribution is -2.62. The second-order valence-corrected chi connectivity index (χ2v) is 42.9. The monoisotopic (exact) mass is 1840 g/mol. The molecule has 16 rings (SSSR count). The standard InChI is InChI=1S/C30H44N4O.C29H42N4O.2C28H40N4O/c1-7-8-27(26-11-9-22(2)10-12-26)34-20-19-33(21-24(34)4)30(6)14-17-32(18-15-30)29(35)28-23(3)13-16-31-25(28)5;1-7-26(25-10-8-21(2)9-11-25)33-19-18-32(20-23(33)4)29(6)13-16-31(17-14-29)28(34)27-22(3)12-15-30-24(27)5;2*1-20-7-9-25(10-8-20)24(5)32-18-17-31(19-22(32)3)28(6)12-15-30(16-13-28)27(33)26-21(2)11-14-29-23(26)4/h9-13,16,24,27H,7-8,14-15,17-21H2,1-6H3;8-12,15,23,26H,7,13-14,16-20H2,1-6H3;2*7-11,14,22,24H,12-13,15-19H2,1-6H3/t24-,27-;23-,26-;2*22-,24-/m0000/s1. The fraction of sp³-hybridized carbons (Fsp3) is 0.583. The zero-order chi connectivity index (χ0) is 97.1. The molecule has 20 heteroatoms. The number of nitrogens with zero attached hydrogens (tertiary/aromatic N) is 16. The Kier molecular flexibility index (Phi) is 34.7. The van der Waals surface area contributed by atoms with Crippen molar-refractivity contribution in [1.82, 2.24) is 78.7 Å². The first-order valence-electron chi connectivity index (χ1n) is 51.5. The first-order chi connectivity index (χ1) is 64.3. The van der Waals surface area contributed by atoms with E-state index in [0.717, 1.165) is 256 Å². The number of hydrogen-bond acceptors (Lipinski definition) is 16. The molecule has 4 aromatic carbocycles. The number of likely N-dealkylation sites (tertiary alicyclic amines) is 4. The molecule has 8 saturated heterocycles. The van der Waals surface area contributed by atoms with Gasteiger partial charge < -0.3 is 19.6 Å². The van der Waals surface area contributed by atoms with Gasteiger partial charge in [0.15, 0.2) is 0 Å². The Labute approximate surface area is 812 Å². The topological polar surface area (TPSA) is 159 Å². The molecule has 0 unspecified atom stereocenters. The zero-order valence-electron chi connectivity index (χ0n) is 87.2. The largest absolute Gasteiger partial charge is 0.338 e. The van der Waals surface area contributed by atoms with Gasteiger partial charge in [0, 0.05) is 226 Å². The molecule has 4 aromatic heterocycles.